The average Bonchev–Trinajstić information content (AvgIpc) is 3.24. The number of carbonyl (C=O) groups excluding carboxylic acids is 1. The summed E-state index contributed by atoms with van der Waals surface area (Å²) < 4.78 is 13.1. The number of aliphatic hydroxyl groups excluding tert-OH is 1. The minimum atomic E-state index is -0.631. The van der Waals surface area contributed by atoms with Crippen LogP contribution in [-0.2, 0) is 0 Å². The number of hydrogen-bond donors (Lipinski definition) is 2. The third kappa shape index (κ3) is 3.85. The molecule has 144 valence electrons. The topological polar surface area (TPSA) is 56.3 Å². The molecule has 1 fully saturated rings. The maximum Gasteiger partial charge on any atom is 0.270 e. The minimum absolute atomic E-state index is 0.0168. The van der Waals surface area contributed by atoms with Gasteiger partial charge in [-0.1, -0.05) is 42.5 Å². The number of carbonyl (C=O) groups is 1. The summed E-state index contributed by atoms with van der Waals surface area (Å²) in [6.45, 7) is 1.20. The molecule has 0 spiro atoms. The van der Waals surface area contributed by atoms with E-state index in [1.807, 2.05) is 47.4 Å². The summed E-state index contributed by atoms with van der Waals surface area (Å²) in [6.07, 6.45) is 0.806. The Kier molecular flexibility index (Phi) is 5.26. The van der Waals surface area contributed by atoms with Crippen LogP contribution in [0.5, 0.6) is 0 Å². The molecule has 1 aliphatic rings. The van der Waals surface area contributed by atoms with Gasteiger partial charge < -0.3 is 15.0 Å². The Morgan fingerprint density at radius 2 is 1.68 bits per heavy atom. The zero-order valence-corrected chi connectivity index (χ0v) is 15.5. The second-order valence-electron chi connectivity index (χ2n) is 7.28. The van der Waals surface area contributed by atoms with E-state index >= 15 is 0 Å². The quantitative estimate of drug-likeness (QED) is 0.707. The molecule has 0 aliphatic carbocycles. The Balaban J connectivity index is 1.38. The molecule has 3 aromatic rings. The molecule has 0 saturated carbocycles. The summed E-state index contributed by atoms with van der Waals surface area (Å²) in [5.74, 6) is -0.257. The zero-order valence-electron chi connectivity index (χ0n) is 15.5. The van der Waals surface area contributed by atoms with Gasteiger partial charge in [-0.15, -0.1) is 0 Å². The van der Waals surface area contributed by atoms with Crippen LogP contribution in [0.25, 0.3) is 11.3 Å². The van der Waals surface area contributed by atoms with Gasteiger partial charge in [0.05, 0.1) is 6.10 Å². The lowest BCUT2D eigenvalue weighted by atomic mass is 9.87. The van der Waals surface area contributed by atoms with E-state index in [1.165, 1.54) is 12.1 Å². The van der Waals surface area contributed by atoms with Gasteiger partial charge in [-0.2, -0.15) is 0 Å². The number of aromatic nitrogens is 1. The zero-order chi connectivity index (χ0) is 19.5. The van der Waals surface area contributed by atoms with Gasteiger partial charge in [-0.3, -0.25) is 4.79 Å². The highest BCUT2D eigenvalue weighted by molar-refractivity contribution is 5.93. The summed E-state index contributed by atoms with van der Waals surface area (Å²) in [6, 6.07) is 19.6. The van der Waals surface area contributed by atoms with Crippen LogP contribution in [0.4, 0.5) is 4.39 Å². The van der Waals surface area contributed by atoms with Gasteiger partial charge in [-0.25, -0.2) is 4.39 Å². The van der Waals surface area contributed by atoms with Crippen LogP contribution < -0.4 is 0 Å². The van der Waals surface area contributed by atoms with Gasteiger partial charge in [0.1, 0.15) is 11.5 Å². The highest BCUT2D eigenvalue weighted by atomic mass is 19.1. The van der Waals surface area contributed by atoms with E-state index in [4.69, 9.17) is 0 Å². The Morgan fingerprint density at radius 3 is 2.36 bits per heavy atom. The van der Waals surface area contributed by atoms with E-state index in [-0.39, 0.29) is 17.6 Å². The molecule has 1 saturated heterocycles. The Hall–Kier alpha value is -2.92. The van der Waals surface area contributed by atoms with Gasteiger partial charge in [0, 0.05) is 18.8 Å². The first-order valence-corrected chi connectivity index (χ1v) is 9.59. The molecule has 2 N–H and O–H groups in total. The van der Waals surface area contributed by atoms with Crippen LogP contribution in [0, 0.1) is 11.7 Å². The van der Waals surface area contributed by atoms with Gasteiger partial charge in [-0.05, 0) is 54.2 Å². The summed E-state index contributed by atoms with van der Waals surface area (Å²) in [7, 11) is 0. The largest absolute Gasteiger partial charge is 0.388 e. The van der Waals surface area contributed by atoms with E-state index in [0.717, 1.165) is 29.7 Å². The van der Waals surface area contributed by atoms with Crippen molar-refractivity contribution in [2.24, 2.45) is 5.92 Å². The molecule has 1 aromatic heterocycles. The predicted octanol–water partition coefficient (Wildman–Crippen LogP) is 4.41. The lowest BCUT2D eigenvalue weighted by molar-refractivity contribution is 0.0459. The maximum atomic E-state index is 13.1. The van der Waals surface area contributed by atoms with Crippen LogP contribution in [0.2, 0.25) is 0 Å². The third-order valence-corrected chi connectivity index (χ3v) is 5.49. The average molecular weight is 378 g/mol. The number of piperidine rings is 1. The molecule has 5 heteroatoms. The van der Waals surface area contributed by atoms with Crippen LogP contribution in [-0.4, -0.2) is 34.0 Å². The molecule has 1 atom stereocenters. The van der Waals surface area contributed by atoms with Crippen molar-refractivity contribution < 1.29 is 14.3 Å². The van der Waals surface area contributed by atoms with Gasteiger partial charge in [0.15, 0.2) is 0 Å². The number of benzene rings is 2. The number of amides is 1. The third-order valence-electron chi connectivity index (χ3n) is 5.49. The number of H-pyrrole nitrogens is 1. The molecule has 28 heavy (non-hydrogen) atoms. The van der Waals surface area contributed by atoms with Crippen LogP contribution in [0.3, 0.4) is 0 Å². The van der Waals surface area contributed by atoms with Crippen molar-refractivity contribution in [1.29, 1.82) is 0 Å². The lowest BCUT2D eigenvalue weighted by Gasteiger charge is -2.34. The Labute approximate surface area is 163 Å². The lowest BCUT2D eigenvalue weighted by Crippen LogP contribution is -2.39. The number of nitrogens with zero attached hydrogens (tertiary/aromatic N) is 1. The number of aliphatic hydroxyl groups is 1. The second kappa shape index (κ2) is 7.98. The fraction of sp³-hybridized carbons (Fsp3) is 0.261. The summed E-state index contributed by atoms with van der Waals surface area (Å²) >= 11 is 0. The number of hydrogen-bond acceptors (Lipinski definition) is 2. The van der Waals surface area contributed by atoms with Crippen molar-refractivity contribution in [3.8, 4) is 11.3 Å². The van der Waals surface area contributed by atoms with Crippen molar-refractivity contribution in [2.45, 2.75) is 18.9 Å². The van der Waals surface area contributed by atoms with E-state index in [2.05, 4.69) is 4.98 Å². The van der Waals surface area contributed by atoms with Crippen molar-refractivity contribution in [3.63, 3.8) is 0 Å². The number of rotatable bonds is 4. The number of halogens is 1. The predicted molar refractivity (Wildman–Crippen MR) is 106 cm³/mol. The first-order chi connectivity index (χ1) is 13.6. The van der Waals surface area contributed by atoms with Crippen molar-refractivity contribution in [1.82, 2.24) is 9.88 Å². The fourth-order valence-corrected chi connectivity index (χ4v) is 3.83. The molecule has 0 bridgehead atoms. The highest BCUT2D eigenvalue weighted by Gasteiger charge is 2.29. The number of aromatic amines is 1. The molecule has 1 unspecified atom stereocenters. The molecule has 1 amide bonds. The number of likely N-dealkylation sites (tertiary alicyclic amines) is 1. The van der Waals surface area contributed by atoms with E-state index in [1.54, 1.807) is 12.1 Å². The molecule has 1 aliphatic heterocycles. The van der Waals surface area contributed by atoms with Crippen LogP contribution in [0.1, 0.15) is 35.0 Å². The molecule has 2 heterocycles. The van der Waals surface area contributed by atoms with Gasteiger partial charge >= 0.3 is 0 Å². The van der Waals surface area contributed by atoms with E-state index < -0.39 is 6.10 Å². The van der Waals surface area contributed by atoms with Crippen molar-refractivity contribution >= 4 is 5.91 Å². The summed E-state index contributed by atoms with van der Waals surface area (Å²) in [5.41, 5.74) is 3.27. The van der Waals surface area contributed by atoms with Gasteiger partial charge in [0.2, 0.25) is 0 Å². The SMILES string of the molecule is O=C(c1ccc(-c2ccccc2)[nH]1)N1CCC(C(O)c2ccc(F)cc2)CC1. The molecule has 2 aromatic carbocycles. The molecule has 0 radical (unpaired) electrons. The molecule has 4 nitrogen and oxygen atoms in total. The van der Waals surface area contributed by atoms with Crippen molar-refractivity contribution in [2.75, 3.05) is 13.1 Å². The van der Waals surface area contributed by atoms with E-state index in [0.29, 0.717) is 18.8 Å². The molecular weight excluding hydrogens is 355 g/mol. The molecular formula is C23H23FN2O2. The smallest absolute Gasteiger partial charge is 0.270 e. The van der Waals surface area contributed by atoms with Crippen LogP contribution >= 0.6 is 0 Å². The first kappa shape index (κ1) is 18.4. The summed E-state index contributed by atoms with van der Waals surface area (Å²) in [4.78, 5) is 17.9. The standard InChI is InChI=1S/C23H23FN2O2/c24-19-8-6-17(7-9-19)22(27)18-12-14-26(15-13-18)23(28)21-11-10-20(25-21)16-4-2-1-3-5-16/h1-11,18,22,25,27H,12-15H2. The first-order valence-electron chi connectivity index (χ1n) is 9.59. The van der Waals surface area contributed by atoms with Crippen LogP contribution in [0.15, 0.2) is 66.7 Å². The normalized spacial score (nSPS) is 16.1. The molecule has 4 rings (SSSR count). The second-order valence-corrected chi connectivity index (χ2v) is 7.28. The Bertz CT molecular complexity index is 929. The number of nitrogens with one attached hydrogen (secondary N) is 1. The monoisotopic (exact) mass is 378 g/mol. The Morgan fingerprint density at radius 1 is 1.00 bits per heavy atom. The van der Waals surface area contributed by atoms with Gasteiger partial charge in [0.25, 0.3) is 5.91 Å². The van der Waals surface area contributed by atoms with Crippen molar-refractivity contribution in [3.05, 3.63) is 83.8 Å². The van der Waals surface area contributed by atoms with E-state index in [9.17, 15) is 14.3 Å². The fourth-order valence-electron chi connectivity index (χ4n) is 3.83. The summed E-state index contributed by atoms with van der Waals surface area (Å²) in [5, 5.41) is 10.6. The maximum absolute atomic E-state index is 13.1. The minimum Gasteiger partial charge on any atom is -0.388 e. The highest BCUT2D eigenvalue weighted by Crippen LogP contribution is 2.31.